The molecule has 0 unspecified atom stereocenters. The van der Waals surface area contributed by atoms with Gasteiger partial charge in [-0.3, -0.25) is 9.59 Å². The van der Waals surface area contributed by atoms with Crippen molar-refractivity contribution in [1.82, 2.24) is 4.90 Å². The van der Waals surface area contributed by atoms with E-state index in [0.29, 0.717) is 31.7 Å². The zero-order valence-electron chi connectivity index (χ0n) is 14.9. The van der Waals surface area contributed by atoms with Crippen molar-refractivity contribution < 1.29 is 14.0 Å². The van der Waals surface area contributed by atoms with Gasteiger partial charge in [-0.25, -0.2) is 0 Å². The highest BCUT2D eigenvalue weighted by Gasteiger charge is 2.32. The molecule has 1 aromatic heterocycles. The Morgan fingerprint density at radius 1 is 0.962 bits per heavy atom. The van der Waals surface area contributed by atoms with Gasteiger partial charge in [0.05, 0.1) is 6.26 Å². The molecule has 0 bridgehead atoms. The van der Waals surface area contributed by atoms with E-state index in [4.69, 9.17) is 4.42 Å². The minimum absolute atomic E-state index is 0.0122. The van der Waals surface area contributed by atoms with Crippen LogP contribution in [0.1, 0.15) is 41.8 Å². The third-order valence-corrected chi connectivity index (χ3v) is 5.49. The van der Waals surface area contributed by atoms with Gasteiger partial charge in [0.2, 0.25) is 5.91 Å². The summed E-state index contributed by atoms with van der Waals surface area (Å²) < 4.78 is 5.20. The molecule has 2 aromatic rings. The highest BCUT2D eigenvalue weighted by Crippen LogP contribution is 2.30. The molecule has 1 fully saturated rings. The number of rotatable bonds is 2. The van der Waals surface area contributed by atoms with Gasteiger partial charge >= 0.3 is 0 Å². The van der Waals surface area contributed by atoms with Crippen molar-refractivity contribution in [2.24, 2.45) is 5.92 Å². The molecule has 136 valence electrons. The van der Waals surface area contributed by atoms with Crippen LogP contribution in [-0.2, 0) is 11.2 Å². The van der Waals surface area contributed by atoms with Crippen molar-refractivity contribution in [2.75, 3.05) is 24.5 Å². The van der Waals surface area contributed by atoms with Crippen LogP contribution in [0.15, 0.2) is 47.1 Å². The van der Waals surface area contributed by atoms with Crippen molar-refractivity contribution in [3.05, 3.63) is 54.0 Å². The number of anilines is 1. The van der Waals surface area contributed by atoms with Crippen LogP contribution in [0.2, 0.25) is 0 Å². The standard InChI is InChI=1S/C21H24N2O3/c24-20(23-12-4-3-7-16-6-1-2-8-18(16)23)17-10-13-22(14-11-17)21(25)19-9-5-15-26-19/h1-2,5-6,8-9,15,17H,3-4,7,10-14H2. The van der Waals surface area contributed by atoms with E-state index in [9.17, 15) is 9.59 Å². The molecule has 0 N–H and O–H groups in total. The Bertz CT molecular complexity index is 776. The van der Waals surface area contributed by atoms with Gasteiger partial charge in [0.25, 0.3) is 5.91 Å². The van der Waals surface area contributed by atoms with Gasteiger partial charge in [-0.05, 0) is 55.9 Å². The lowest BCUT2D eigenvalue weighted by Gasteiger charge is -2.34. The normalized spacial score (nSPS) is 18.3. The lowest BCUT2D eigenvalue weighted by atomic mass is 9.94. The maximum absolute atomic E-state index is 13.2. The number of carbonyl (C=O) groups is 2. The van der Waals surface area contributed by atoms with E-state index in [-0.39, 0.29) is 17.7 Å². The van der Waals surface area contributed by atoms with E-state index >= 15 is 0 Å². The van der Waals surface area contributed by atoms with Gasteiger partial charge in [0.15, 0.2) is 5.76 Å². The molecule has 0 atom stereocenters. The van der Waals surface area contributed by atoms with Crippen LogP contribution >= 0.6 is 0 Å². The summed E-state index contributed by atoms with van der Waals surface area (Å²) in [5.74, 6) is 0.489. The van der Waals surface area contributed by atoms with Gasteiger partial charge in [-0.15, -0.1) is 0 Å². The molecule has 0 radical (unpaired) electrons. The number of aryl methyl sites for hydroxylation is 1. The first-order chi connectivity index (χ1) is 12.7. The third kappa shape index (κ3) is 3.26. The molecule has 2 aliphatic rings. The third-order valence-electron chi connectivity index (χ3n) is 5.49. The van der Waals surface area contributed by atoms with Gasteiger partial charge in [0.1, 0.15) is 0 Å². The first-order valence-corrected chi connectivity index (χ1v) is 9.46. The zero-order chi connectivity index (χ0) is 17.9. The number of likely N-dealkylation sites (tertiary alicyclic amines) is 1. The molecule has 1 saturated heterocycles. The monoisotopic (exact) mass is 352 g/mol. The van der Waals surface area contributed by atoms with E-state index < -0.39 is 0 Å². The highest BCUT2D eigenvalue weighted by atomic mass is 16.3. The number of furan rings is 1. The summed E-state index contributed by atoms with van der Waals surface area (Å²) in [6.45, 7) is 2.00. The first-order valence-electron chi connectivity index (χ1n) is 9.46. The quantitative estimate of drug-likeness (QED) is 0.831. The van der Waals surface area contributed by atoms with E-state index in [1.807, 2.05) is 17.0 Å². The van der Waals surface area contributed by atoms with Crippen LogP contribution in [0, 0.1) is 5.92 Å². The Kier molecular flexibility index (Phi) is 4.78. The number of para-hydroxylation sites is 1. The molecule has 0 saturated carbocycles. The number of carbonyl (C=O) groups excluding carboxylic acids is 2. The van der Waals surface area contributed by atoms with E-state index in [1.165, 1.54) is 11.8 Å². The van der Waals surface area contributed by atoms with Gasteiger partial charge in [0, 0.05) is 31.2 Å². The molecule has 1 aromatic carbocycles. The van der Waals surface area contributed by atoms with Crippen LogP contribution in [0.5, 0.6) is 0 Å². The smallest absolute Gasteiger partial charge is 0.289 e. The minimum atomic E-state index is -0.0824. The zero-order valence-corrected chi connectivity index (χ0v) is 14.9. The highest BCUT2D eigenvalue weighted by molar-refractivity contribution is 5.96. The minimum Gasteiger partial charge on any atom is -0.459 e. The predicted octanol–water partition coefficient (Wildman–Crippen LogP) is 3.50. The molecule has 2 aliphatic heterocycles. The Balaban J connectivity index is 1.43. The van der Waals surface area contributed by atoms with Gasteiger partial charge in [-0.1, -0.05) is 18.2 Å². The number of hydrogen-bond acceptors (Lipinski definition) is 3. The number of nitrogens with zero attached hydrogens (tertiary/aromatic N) is 2. The summed E-state index contributed by atoms with van der Waals surface area (Å²) in [5.41, 5.74) is 2.34. The number of piperidine rings is 1. The molecule has 3 heterocycles. The van der Waals surface area contributed by atoms with E-state index in [1.54, 1.807) is 17.0 Å². The van der Waals surface area contributed by atoms with Crippen molar-refractivity contribution >= 4 is 17.5 Å². The summed E-state index contributed by atoms with van der Waals surface area (Å²) in [7, 11) is 0. The number of benzene rings is 1. The Labute approximate surface area is 153 Å². The van der Waals surface area contributed by atoms with Gasteiger partial charge in [-0.2, -0.15) is 0 Å². The van der Waals surface area contributed by atoms with Crippen LogP contribution in [0.25, 0.3) is 0 Å². The molecule has 0 spiro atoms. The maximum Gasteiger partial charge on any atom is 0.289 e. The lowest BCUT2D eigenvalue weighted by molar-refractivity contribution is -0.123. The number of amides is 2. The SMILES string of the molecule is O=C(c1ccco1)N1CCC(C(=O)N2CCCCc3ccccc32)CC1. The molecular formula is C21H24N2O3. The predicted molar refractivity (Wildman–Crippen MR) is 99.1 cm³/mol. The largest absolute Gasteiger partial charge is 0.459 e. The summed E-state index contributed by atoms with van der Waals surface area (Å²) in [6.07, 6.45) is 6.14. The average Bonchev–Trinajstić information content (AvgIpc) is 3.14. The molecule has 5 nitrogen and oxygen atoms in total. The second kappa shape index (κ2) is 7.36. The van der Waals surface area contributed by atoms with Crippen molar-refractivity contribution in [3.8, 4) is 0 Å². The average molecular weight is 352 g/mol. The summed E-state index contributed by atoms with van der Waals surface area (Å²) in [4.78, 5) is 29.3. The summed E-state index contributed by atoms with van der Waals surface area (Å²) in [6, 6.07) is 11.7. The van der Waals surface area contributed by atoms with Crippen LogP contribution in [-0.4, -0.2) is 36.3 Å². The van der Waals surface area contributed by atoms with Crippen LogP contribution in [0.3, 0.4) is 0 Å². The van der Waals surface area contributed by atoms with Crippen molar-refractivity contribution in [3.63, 3.8) is 0 Å². The maximum atomic E-state index is 13.2. The fourth-order valence-corrected chi connectivity index (χ4v) is 4.03. The molecule has 5 heteroatoms. The summed E-state index contributed by atoms with van der Waals surface area (Å²) >= 11 is 0. The van der Waals surface area contributed by atoms with Crippen molar-refractivity contribution in [2.45, 2.75) is 32.1 Å². The number of hydrogen-bond donors (Lipinski definition) is 0. The van der Waals surface area contributed by atoms with E-state index in [0.717, 1.165) is 31.5 Å². The Morgan fingerprint density at radius 2 is 1.77 bits per heavy atom. The van der Waals surface area contributed by atoms with Crippen molar-refractivity contribution in [1.29, 1.82) is 0 Å². The number of fused-ring (bicyclic) bond motifs is 1. The van der Waals surface area contributed by atoms with Gasteiger partial charge < -0.3 is 14.2 Å². The molecule has 26 heavy (non-hydrogen) atoms. The fourth-order valence-electron chi connectivity index (χ4n) is 4.03. The second-order valence-corrected chi connectivity index (χ2v) is 7.12. The fraction of sp³-hybridized carbons (Fsp3) is 0.429. The first kappa shape index (κ1) is 16.9. The van der Waals surface area contributed by atoms with Crippen LogP contribution < -0.4 is 4.90 Å². The molecule has 4 rings (SSSR count). The van der Waals surface area contributed by atoms with E-state index in [2.05, 4.69) is 12.1 Å². The molecule has 2 amide bonds. The molecule has 0 aliphatic carbocycles. The topological polar surface area (TPSA) is 53.8 Å². The lowest BCUT2D eigenvalue weighted by Crippen LogP contribution is -2.44. The second-order valence-electron chi connectivity index (χ2n) is 7.12. The molecular weight excluding hydrogens is 328 g/mol. The Morgan fingerprint density at radius 3 is 2.54 bits per heavy atom. The Hall–Kier alpha value is -2.56. The summed E-state index contributed by atoms with van der Waals surface area (Å²) in [5, 5.41) is 0. The van der Waals surface area contributed by atoms with Crippen LogP contribution in [0.4, 0.5) is 5.69 Å².